The van der Waals surface area contributed by atoms with Gasteiger partial charge in [0.1, 0.15) is 5.82 Å². The summed E-state index contributed by atoms with van der Waals surface area (Å²) in [6, 6.07) is 7.78. The molecule has 0 radical (unpaired) electrons. The molecule has 0 aliphatic heterocycles. The first-order valence-corrected chi connectivity index (χ1v) is 11.8. The van der Waals surface area contributed by atoms with Gasteiger partial charge in [0, 0.05) is 23.8 Å². The summed E-state index contributed by atoms with van der Waals surface area (Å²) < 4.78 is 18.6. The van der Waals surface area contributed by atoms with Crippen molar-refractivity contribution >= 4 is 33.7 Å². The molecular formula is C24H27ClFN5O. The van der Waals surface area contributed by atoms with Crippen molar-refractivity contribution in [2.75, 3.05) is 6.67 Å². The number of aromatic nitrogens is 5. The van der Waals surface area contributed by atoms with Crippen LogP contribution in [0.5, 0.6) is 0 Å². The molecule has 3 aromatic heterocycles. The van der Waals surface area contributed by atoms with Gasteiger partial charge in [-0.15, -0.1) is 0 Å². The van der Waals surface area contributed by atoms with Crippen LogP contribution in [0, 0.1) is 0 Å². The maximum atomic E-state index is 13.6. The Labute approximate surface area is 190 Å². The van der Waals surface area contributed by atoms with Gasteiger partial charge in [-0.25, -0.2) is 9.78 Å². The van der Waals surface area contributed by atoms with Gasteiger partial charge in [0.25, 0.3) is 0 Å². The fourth-order valence-electron chi connectivity index (χ4n) is 5.00. The molecule has 32 heavy (non-hydrogen) atoms. The van der Waals surface area contributed by atoms with Gasteiger partial charge in [-0.1, -0.05) is 30.9 Å². The smallest absolute Gasteiger partial charge is 0.326 e. The summed E-state index contributed by atoms with van der Waals surface area (Å²) in [5, 5.41) is 0.618. The third-order valence-electron chi connectivity index (χ3n) is 6.56. The van der Waals surface area contributed by atoms with Gasteiger partial charge in [-0.3, -0.25) is 18.5 Å². The van der Waals surface area contributed by atoms with Crippen molar-refractivity contribution in [2.45, 2.75) is 64.1 Å². The summed E-state index contributed by atoms with van der Waals surface area (Å²) in [4.78, 5) is 22.7. The van der Waals surface area contributed by atoms with E-state index in [0.717, 1.165) is 53.6 Å². The zero-order chi connectivity index (χ0) is 22.1. The molecule has 0 saturated heterocycles. The van der Waals surface area contributed by atoms with Crippen LogP contribution in [0.4, 0.5) is 4.39 Å². The van der Waals surface area contributed by atoms with E-state index in [9.17, 15) is 9.18 Å². The number of benzene rings is 1. The Kier molecular flexibility index (Phi) is 6.00. The molecule has 1 aromatic carbocycles. The molecular weight excluding hydrogens is 429 g/mol. The number of halogens is 2. The maximum Gasteiger partial charge on any atom is 0.329 e. The normalized spacial score (nSPS) is 15.2. The van der Waals surface area contributed by atoms with Crippen LogP contribution in [0.15, 0.2) is 41.5 Å². The van der Waals surface area contributed by atoms with Gasteiger partial charge < -0.3 is 4.57 Å². The van der Waals surface area contributed by atoms with E-state index >= 15 is 0 Å². The summed E-state index contributed by atoms with van der Waals surface area (Å²) in [6.07, 6.45) is 10.3. The predicted molar refractivity (Wildman–Crippen MR) is 125 cm³/mol. The standard InChI is InChI=1S/C24H27ClFN5O/c25-17-8-9-20-19(14-17)28-23(29(20)13-5-4-11-26)16-30-22-15-27-12-10-21(22)31(24(30)32)18-6-2-1-3-7-18/h8-10,12,14-15,18H,1-7,11,13,16H2. The zero-order valence-electron chi connectivity index (χ0n) is 18.0. The summed E-state index contributed by atoms with van der Waals surface area (Å²) in [5.41, 5.74) is 3.48. The van der Waals surface area contributed by atoms with Crippen molar-refractivity contribution < 1.29 is 4.39 Å². The van der Waals surface area contributed by atoms with Gasteiger partial charge in [-0.05, 0) is 49.9 Å². The van der Waals surface area contributed by atoms with Crippen LogP contribution in [0.25, 0.3) is 22.1 Å². The highest BCUT2D eigenvalue weighted by Crippen LogP contribution is 2.30. The largest absolute Gasteiger partial charge is 0.329 e. The first-order valence-electron chi connectivity index (χ1n) is 11.4. The number of unbranched alkanes of at least 4 members (excludes halogenated alkanes) is 1. The molecule has 4 aromatic rings. The first-order chi connectivity index (χ1) is 15.7. The van der Waals surface area contributed by atoms with Crippen molar-refractivity contribution in [2.24, 2.45) is 0 Å². The number of pyridine rings is 1. The van der Waals surface area contributed by atoms with Crippen molar-refractivity contribution in [3.63, 3.8) is 0 Å². The molecule has 0 N–H and O–H groups in total. The predicted octanol–water partition coefficient (Wildman–Crippen LogP) is 5.50. The average molecular weight is 456 g/mol. The molecule has 1 aliphatic rings. The van der Waals surface area contributed by atoms with Crippen molar-refractivity contribution in [3.8, 4) is 0 Å². The number of hydrogen-bond donors (Lipinski definition) is 0. The van der Waals surface area contributed by atoms with Gasteiger partial charge in [0.05, 0.1) is 41.5 Å². The van der Waals surface area contributed by atoms with Gasteiger partial charge in [0.15, 0.2) is 0 Å². The lowest BCUT2D eigenvalue weighted by atomic mass is 9.95. The summed E-state index contributed by atoms with van der Waals surface area (Å²) in [6.45, 7) is 0.641. The second-order valence-corrected chi connectivity index (χ2v) is 9.04. The van der Waals surface area contributed by atoms with Gasteiger partial charge in [0.2, 0.25) is 0 Å². The SMILES string of the molecule is O=c1n(Cc2nc3cc(Cl)ccc3n2CCCCF)c2cnccc2n1C1CCCCC1. The molecule has 0 spiro atoms. The van der Waals surface area contributed by atoms with Crippen LogP contribution in [0.2, 0.25) is 5.02 Å². The third-order valence-corrected chi connectivity index (χ3v) is 6.79. The summed E-state index contributed by atoms with van der Waals surface area (Å²) in [7, 11) is 0. The van der Waals surface area contributed by atoms with Crippen LogP contribution in [-0.4, -0.2) is 30.3 Å². The van der Waals surface area contributed by atoms with Crippen LogP contribution < -0.4 is 5.69 Å². The van der Waals surface area contributed by atoms with E-state index in [1.54, 1.807) is 17.0 Å². The number of imidazole rings is 2. The molecule has 6 nitrogen and oxygen atoms in total. The molecule has 0 amide bonds. The summed E-state index contributed by atoms with van der Waals surface area (Å²) >= 11 is 6.19. The van der Waals surface area contributed by atoms with Crippen LogP contribution in [0.1, 0.15) is 56.8 Å². The minimum absolute atomic E-state index is 0.0136. The number of alkyl halides is 1. The highest BCUT2D eigenvalue weighted by Gasteiger charge is 2.23. The Morgan fingerprint density at radius 1 is 1.03 bits per heavy atom. The van der Waals surface area contributed by atoms with E-state index in [4.69, 9.17) is 16.6 Å². The first kappa shape index (κ1) is 21.2. The lowest BCUT2D eigenvalue weighted by Gasteiger charge is -2.22. The number of aryl methyl sites for hydroxylation is 1. The highest BCUT2D eigenvalue weighted by molar-refractivity contribution is 6.31. The topological polar surface area (TPSA) is 57.6 Å². The Morgan fingerprint density at radius 2 is 1.88 bits per heavy atom. The fraction of sp³-hybridized carbons (Fsp3) is 0.458. The van der Waals surface area contributed by atoms with Crippen LogP contribution in [0.3, 0.4) is 0 Å². The minimum atomic E-state index is -0.339. The lowest BCUT2D eigenvalue weighted by Crippen LogP contribution is -2.29. The molecule has 168 valence electrons. The molecule has 3 heterocycles. The maximum absolute atomic E-state index is 13.6. The van der Waals surface area contributed by atoms with Crippen LogP contribution >= 0.6 is 11.6 Å². The molecule has 0 bridgehead atoms. The second kappa shape index (κ2) is 9.06. The number of rotatable bonds is 7. The fourth-order valence-corrected chi connectivity index (χ4v) is 5.17. The quantitative estimate of drug-likeness (QED) is 0.345. The van der Waals surface area contributed by atoms with E-state index in [2.05, 4.69) is 9.55 Å². The van der Waals surface area contributed by atoms with E-state index in [0.29, 0.717) is 31.0 Å². The lowest BCUT2D eigenvalue weighted by molar-refractivity contribution is 0.350. The van der Waals surface area contributed by atoms with Crippen molar-refractivity contribution in [1.29, 1.82) is 0 Å². The van der Waals surface area contributed by atoms with Crippen LogP contribution in [-0.2, 0) is 13.1 Å². The van der Waals surface area contributed by atoms with E-state index in [-0.39, 0.29) is 18.4 Å². The molecule has 5 rings (SSSR count). The Morgan fingerprint density at radius 3 is 2.69 bits per heavy atom. The molecule has 0 unspecified atom stereocenters. The number of fused-ring (bicyclic) bond motifs is 2. The summed E-state index contributed by atoms with van der Waals surface area (Å²) in [5.74, 6) is 0.773. The molecule has 0 atom stereocenters. The van der Waals surface area contributed by atoms with Gasteiger partial charge >= 0.3 is 5.69 Å². The Hall–Kier alpha value is -2.67. The third kappa shape index (κ3) is 3.83. The van der Waals surface area contributed by atoms with Crippen molar-refractivity contribution in [3.05, 3.63) is 58.0 Å². The highest BCUT2D eigenvalue weighted by atomic mass is 35.5. The molecule has 1 fully saturated rings. The van der Waals surface area contributed by atoms with E-state index in [1.807, 2.05) is 28.8 Å². The number of hydrogen-bond acceptors (Lipinski definition) is 3. The monoisotopic (exact) mass is 455 g/mol. The molecule has 1 saturated carbocycles. The Balaban J connectivity index is 1.61. The number of nitrogens with zero attached hydrogens (tertiary/aromatic N) is 5. The van der Waals surface area contributed by atoms with E-state index in [1.165, 1.54) is 6.42 Å². The second-order valence-electron chi connectivity index (χ2n) is 8.60. The molecule has 1 aliphatic carbocycles. The van der Waals surface area contributed by atoms with Crippen molar-refractivity contribution in [1.82, 2.24) is 23.7 Å². The average Bonchev–Trinajstić information content (AvgIpc) is 3.29. The van der Waals surface area contributed by atoms with E-state index < -0.39 is 0 Å². The zero-order valence-corrected chi connectivity index (χ0v) is 18.8. The minimum Gasteiger partial charge on any atom is -0.326 e. The molecule has 8 heteroatoms. The van der Waals surface area contributed by atoms with Gasteiger partial charge in [-0.2, -0.15) is 0 Å². The Bertz CT molecular complexity index is 1300.